The Hall–Kier alpha value is -0.980. The number of rotatable bonds is 9. The molecule has 20 heavy (non-hydrogen) atoms. The van der Waals surface area contributed by atoms with Crippen molar-refractivity contribution in [3.8, 4) is 5.75 Å². The van der Waals surface area contributed by atoms with Gasteiger partial charge in [0, 0.05) is 23.1 Å². The molecule has 0 atom stereocenters. The van der Waals surface area contributed by atoms with E-state index in [1.165, 1.54) is 6.07 Å². The highest BCUT2D eigenvalue weighted by Crippen LogP contribution is 2.24. The van der Waals surface area contributed by atoms with Crippen LogP contribution >= 0.6 is 15.9 Å². The molecule has 1 N–H and O–H groups in total. The molecule has 0 fully saturated rings. The first kappa shape index (κ1) is 17.1. The zero-order valence-corrected chi connectivity index (χ0v) is 12.9. The van der Waals surface area contributed by atoms with Gasteiger partial charge in [-0.3, -0.25) is 0 Å². The molecule has 0 saturated carbocycles. The van der Waals surface area contributed by atoms with Gasteiger partial charge in [-0.25, -0.2) is 0 Å². The van der Waals surface area contributed by atoms with E-state index in [2.05, 4.69) is 32.6 Å². The topological polar surface area (TPSA) is 30.5 Å². The third-order valence-corrected chi connectivity index (χ3v) is 2.82. The number of alkyl halides is 2. The minimum atomic E-state index is -2.83. The predicted octanol–water partition coefficient (Wildman–Crippen LogP) is 3.73. The molecular weight excluding hydrogens is 332 g/mol. The average molecular weight is 350 g/mol. The van der Waals surface area contributed by atoms with Crippen molar-refractivity contribution in [1.29, 1.82) is 0 Å². The van der Waals surface area contributed by atoms with Crippen LogP contribution in [0.2, 0.25) is 0 Å². The van der Waals surface area contributed by atoms with E-state index in [-0.39, 0.29) is 5.75 Å². The first-order valence-electron chi connectivity index (χ1n) is 6.15. The fourth-order valence-corrected chi connectivity index (χ4v) is 1.92. The fraction of sp³-hybridized carbons (Fsp3) is 0.429. The summed E-state index contributed by atoms with van der Waals surface area (Å²) in [6, 6.07) is 4.93. The van der Waals surface area contributed by atoms with Gasteiger partial charge in [-0.05, 0) is 25.1 Å². The highest BCUT2D eigenvalue weighted by Gasteiger charge is 2.09. The molecule has 0 unspecified atom stereocenters. The molecule has 0 saturated heterocycles. The van der Waals surface area contributed by atoms with Gasteiger partial charge in [-0.15, -0.1) is 0 Å². The van der Waals surface area contributed by atoms with Crippen LogP contribution in [0.5, 0.6) is 5.75 Å². The van der Waals surface area contributed by atoms with Crippen LogP contribution in [0, 0.1) is 0 Å². The normalized spacial score (nSPS) is 10.8. The van der Waals surface area contributed by atoms with Crippen LogP contribution in [0.3, 0.4) is 0 Å². The van der Waals surface area contributed by atoms with Crippen molar-refractivity contribution in [2.45, 2.75) is 20.1 Å². The van der Waals surface area contributed by atoms with E-state index >= 15 is 0 Å². The molecule has 0 heterocycles. The molecule has 0 radical (unpaired) electrons. The fourth-order valence-electron chi connectivity index (χ4n) is 1.51. The molecule has 0 bridgehead atoms. The first-order valence-corrected chi connectivity index (χ1v) is 6.94. The van der Waals surface area contributed by atoms with Gasteiger partial charge in [-0.1, -0.05) is 28.1 Å². The van der Waals surface area contributed by atoms with Crippen LogP contribution in [0.25, 0.3) is 0 Å². The maximum atomic E-state index is 12.3. The summed E-state index contributed by atoms with van der Waals surface area (Å²) in [5.41, 5.74) is 1.63. The van der Waals surface area contributed by atoms with E-state index < -0.39 is 6.61 Å². The molecule has 6 heteroatoms. The Bertz CT molecular complexity index is 441. The minimum absolute atomic E-state index is 0.179. The predicted molar refractivity (Wildman–Crippen MR) is 78.1 cm³/mol. The molecular formula is C14H18BrF2NO2. The summed E-state index contributed by atoms with van der Waals surface area (Å²) in [7, 11) is 0. The molecule has 112 valence electrons. The molecule has 0 spiro atoms. The van der Waals surface area contributed by atoms with E-state index in [1.54, 1.807) is 12.1 Å². The maximum absolute atomic E-state index is 12.3. The van der Waals surface area contributed by atoms with E-state index in [0.717, 1.165) is 10.0 Å². The molecule has 0 amide bonds. The maximum Gasteiger partial charge on any atom is 0.387 e. The number of halogens is 3. The van der Waals surface area contributed by atoms with E-state index in [9.17, 15) is 8.78 Å². The van der Waals surface area contributed by atoms with Crippen LogP contribution in [0.15, 0.2) is 34.8 Å². The highest BCUT2D eigenvalue weighted by atomic mass is 79.9. The second-order valence-electron chi connectivity index (χ2n) is 4.32. The summed E-state index contributed by atoms with van der Waals surface area (Å²) in [6.07, 6.45) is 0. The minimum Gasteiger partial charge on any atom is -0.434 e. The van der Waals surface area contributed by atoms with Gasteiger partial charge in [-0.2, -0.15) is 8.78 Å². The summed E-state index contributed by atoms with van der Waals surface area (Å²) < 4.78 is 35.2. The third kappa shape index (κ3) is 6.98. The number of benzene rings is 1. The van der Waals surface area contributed by atoms with Crippen molar-refractivity contribution in [2.24, 2.45) is 0 Å². The molecule has 0 aliphatic carbocycles. The van der Waals surface area contributed by atoms with E-state index in [4.69, 9.17) is 4.74 Å². The van der Waals surface area contributed by atoms with E-state index in [0.29, 0.717) is 31.9 Å². The van der Waals surface area contributed by atoms with Gasteiger partial charge < -0.3 is 14.8 Å². The van der Waals surface area contributed by atoms with Gasteiger partial charge in [0.2, 0.25) is 0 Å². The van der Waals surface area contributed by atoms with Crippen molar-refractivity contribution in [3.63, 3.8) is 0 Å². The summed E-state index contributed by atoms with van der Waals surface area (Å²) in [5.74, 6) is 0.179. The van der Waals surface area contributed by atoms with Crippen molar-refractivity contribution < 1.29 is 18.3 Å². The summed E-state index contributed by atoms with van der Waals surface area (Å²) in [6.45, 7) is 4.90. The van der Waals surface area contributed by atoms with Crippen molar-refractivity contribution in [2.75, 3.05) is 19.8 Å². The number of ether oxygens (including phenoxy) is 2. The van der Waals surface area contributed by atoms with Crippen LogP contribution in [-0.2, 0) is 11.3 Å². The average Bonchev–Trinajstić information content (AvgIpc) is 2.35. The Morgan fingerprint density at radius 1 is 1.45 bits per heavy atom. The number of hydrogen-bond donors (Lipinski definition) is 1. The second-order valence-corrected chi connectivity index (χ2v) is 5.23. The largest absolute Gasteiger partial charge is 0.434 e. The quantitative estimate of drug-likeness (QED) is 0.544. The lowest BCUT2D eigenvalue weighted by Gasteiger charge is -2.12. The Labute approximate surface area is 126 Å². The van der Waals surface area contributed by atoms with Gasteiger partial charge >= 0.3 is 6.61 Å². The second kappa shape index (κ2) is 9.05. The van der Waals surface area contributed by atoms with Crippen LogP contribution in [0.4, 0.5) is 8.78 Å². The van der Waals surface area contributed by atoms with Gasteiger partial charge in [0.25, 0.3) is 0 Å². The Morgan fingerprint density at radius 2 is 2.20 bits per heavy atom. The van der Waals surface area contributed by atoms with Crippen molar-refractivity contribution >= 4 is 15.9 Å². The van der Waals surface area contributed by atoms with Crippen molar-refractivity contribution in [3.05, 3.63) is 40.4 Å². The first-order chi connectivity index (χ1) is 9.49. The van der Waals surface area contributed by atoms with Gasteiger partial charge in [0.15, 0.2) is 0 Å². The van der Waals surface area contributed by atoms with Crippen LogP contribution < -0.4 is 10.1 Å². The summed E-state index contributed by atoms with van der Waals surface area (Å²) >= 11 is 3.31. The molecule has 1 rings (SSSR count). The molecule has 0 aliphatic rings. The molecule has 0 aromatic heterocycles. The number of hydrogen-bond acceptors (Lipinski definition) is 3. The number of nitrogens with one attached hydrogen (secondary N) is 1. The summed E-state index contributed by atoms with van der Waals surface area (Å²) in [4.78, 5) is 0. The lowest BCUT2D eigenvalue weighted by Crippen LogP contribution is -2.20. The zero-order chi connectivity index (χ0) is 15.0. The highest BCUT2D eigenvalue weighted by molar-refractivity contribution is 9.10. The molecule has 0 aliphatic heterocycles. The van der Waals surface area contributed by atoms with Crippen LogP contribution in [0.1, 0.15) is 12.5 Å². The molecule has 3 nitrogen and oxygen atoms in total. The standard InChI is InChI=1S/C14H18BrF2NO2/c1-10(2)9-19-6-5-18-8-11-7-12(15)3-4-13(11)20-14(16)17/h3-4,7,14,18H,1,5-6,8-9H2,2H3. The van der Waals surface area contributed by atoms with Gasteiger partial charge in [0.05, 0.1) is 13.2 Å². The lowest BCUT2D eigenvalue weighted by atomic mass is 10.2. The van der Waals surface area contributed by atoms with E-state index in [1.807, 2.05) is 6.92 Å². The Morgan fingerprint density at radius 3 is 2.85 bits per heavy atom. The summed E-state index contributed by atoms with van der Waals surface area (Å²) in [5, 5.41) is 3.12. The SMILES string of the molecule is C=C(C)COCCNCc1cc(Br)ccc1OC(F)F. The monoisotopic (exact) mass is 349 g/mol. The molecule has 1 aromatic carbocycles. The Kier molecular flexibility index (Phi) is 7.72. The zero-order valence-electron chi connectivity index (χ0n) is 11.3. The van der Waals surface area contributed by atoms with Gasteiger partial charge in [0.1, 0.15) is 5.75 Å². The Balaban J connectivity index is 2.41. The lowest BCUT2D eigenvalue weighted by molar-refractivity contribution is -0.0505. The molecule has 1 aromatic rings. The van der Waals surface area contributed by atoms with Crippen LogP contribution in [-0.4, -0.2) is 26.4 Å². The third-order valence-electron chi connectivity index (χ3n) is 2.33. The smallest absolute Gasteiger partial charge is 0.387 e. The van der Waals surface area contributed by atoms with Crippen molar-refractivity contribution in [1.82, 2.24) is 5.32 Å².